The summed E-state index contributed by atoms with van der Waals surface area (Å²) in [6.45, 7) is 1.78. The summed E-state index contributed by atoms with van der Waals surface area (Å²) >= 11 is 0. The summed E-state index contributed by atoms with van der Waals surface area (Å²) < 4.78 is 1.70. The molecule has 1 atom stereocenters. The van der Waals surface area contributed by atoms with Crippen LogP contribution in [0.2, 0.25) is 0 Å². The molecule has 1 aromatic heterocycles. The lowest BCUT2D eigenvalue weighted by molar-refractivity contribution is 0.195. The van der Waals surface area contributed by atoms with Gasteiger partial charge < -0.3 is 5.11 Å². The Morgan fingerprint density at radius 3 is 2.60 bits per heavy atom. The third kappa shape index (κ3) is 2.41. The van der Waals surface area contributed by atoms with E-state index >= 15 is 0 Å². The Kier molecular flexibility index (Phi) is 2.78. The fraction of sp³-hybridized carbons (Fsp3) is 0.273. The van der Waals surface area contributed by atoms with Crippen molar-refractivity contribution in [1.29, 1.82) is 0 Å². The first-order valence-electron chi connectivity index (χ1n) is 4.88. The van der Waals surface area contributed by atoms with Crippen LogP contribution in [0.4, 0.5) is 0 Å². The summed E-state index contributed by atoms with van der Waals surface area (Å²) in [5.41, 5.74) is 2.09. The summed E-state index contributed by atoms with van der Waals surface area (Å²) in [7, 11) is 0. The molecule has 1 aromatic carbocycles. The lowest BCUT2D eigenvalue weighted by Crippen LogP contribution is -2.04. The third-order valence-corrected chi connectivity index (χ3v) is 2.15. The number of aliphatic hydroxyl groups excluding tert-OH is 1. The number of nitrogens with zero attached hydrogens (tertiary/aromatic N) is 3. The normalized spacial score (nSPS) is 12.7. The molecule has 2 rings (SSSR count). The number of aromatic nitrogens is 3. The Balaban J connectivity index is 2.17. The minimum atomic E-state index is -0.303. The van der Waals surface area contributed by atoms with Gasteiger partial charge in [0.15, 0.2) is 0 Å². The summed E-state index contributed by atoms with van der Waals surface area (Å²) in [5.74, 6) is 0. The first-order valence-corrected chi connectivity index (χ1v) is 4.88. The zero-order valence-electron chi connectivity index (χ0n) is 8.54. The first kappa shape index (κ1) is 9.86. The minimum Gasteiger partial charge on any atom is -0.393 e. The van der Waals surface area contributed by atoms with Gasteiger partial charge in [-0.1, -0.05) is 12.1 Å². The monoisotopic (exact) mass is 203 g/mol. The molecular formula is C11H13N3O. The highest BCUT2D eigenvalue weighted by Gasteiger charge is 2.00. The molecule has 0 aliphatic rings. The van der Waals surface area contributed by atoms with Gasteiger partial charge in [-0.05, 0) is 31.0 Å². The second-order valence-electron chi connectivity index (χ2n) is 3.56. The van der Waals surface area contributed by atoms with Crippen LogP contribution in [0.1, 0.15) is 12.5 Å². The molecule has 0 amide bonds. The van der Waals surface area contributed by atoms with E-state index in [2.05, 4.69) is 10.1 Å². The summed E-state index contributed by atoms with van der Waals surface area (Å²) in [5, 5.41) is 13.3. The Morgan fingerprint density at radius 2 is 2.07 bits per heavy atom. The molecule has 0 saturated heterocycles. The van der Waals surface area contributed by atoms with Crippen molar-refractivity contribution in [3.05, 3.63) is 42.5 Å². The van der Waals surface area contributed by atoms with Crippen LogP contribution in [0.5, 0.6) is 0 Å². The van der Waals surface area contributed by atoms with Gasteiger partial charge in [0, 0.05) is 0 Å². The molecule has 78 valence electrons. The van der Waals surface area contributed by atoms with Crippen molar-refractivity contribution in [2.45, 2.75) is 19.4 Å². The van der Waals surface area contributed by atoms with Gasteiger partial charge in [-0.3, -0.25) is 0 Å². The van der Waals surface area contributed by atoms with Gasteiger partial charge >= 0.3 is 0 Å². The van der Waals surface area contributed by atoms with E-state index in [1.54, 1.807) is 17.9 Å². The van der Waals surface area contributed by atoms with Crippen LogP contribution >= 0.6 is 0 Å². The first-order chi connectivity index (χ1) is 7.25. The molecule has 1 N–H and O–H groups in total. The Labute approximate surface area is 88.2 Å². The zero-order chi connectivity index (χ0) is 10.7. The van der Waals surface area contributed by atoms with Crippen molar-refractivity contribution < 1.29 is 5.11 Å². The van der Waals surface area contributed by atoms with Crippen LogP contribution in [0.3, 0.4) is 0 Å². The van der Waals surface area contributed by atoms with Crippen molar-refractivity contribution in [3.8, 4) is 5.69 Å². The Bertz CT molecular complexity index is 406. The van der Waals surface area contributed by atoms with E-state index in [1.165, 1.54) is 6.33 Å². The van der Waals surface area contributed by atoms with Gasteiger partial charge in [0.25, 0.3) is 0 Å². The maximum absolute atomic E-state index is 9.23. The van der Waals surface area contributed by atoms with Crippen molar-refractivity contribution in [2.24, 2.45) is 0 Å². The molecule has 1 unspecified atom stereocenters. The highest BCUT2D eigenvalue weighted by molar-refractivity contribution is 5.33. The van der Waals surface area contributed by atoms with Crippen LogP contribution in [-0.2, 0) is 6.42 Å². The van der Waals surface area contributed by atoms with E-state index in [4.69, 9.17) is 0 Å². The highest BCUT2D eigenvalue weighted by Crippen LogP contribution is 2.09. The molecule has 15 heavy (non-hydrogen) atoms. The number of aliphatic hydroxyl groups is 1. The van der Waals surface area contributed by atoms with E-state index in [9.17, 15) is 5.11 Å². The Morgan fingerprint density at radius 1 is 1.33 bits per heavy atom. The van der Waals surface area contributed by atoms with Gasteiger partial charge in [0.1, 0.15) is 12.7 Å². The molecule has 4 nitrogen and oxygen atoms in total. The smallest absolute Gasteiger partial charge is 0.138 e. The molecule has 2 aromatic rings. The van der Waals surface area contributed by atoms with E-state index in [1.807, 2.05) is 24.3 Å². The summed E-state index contributed by atoms with van der Waals surface area (Å²) in [6, 6.07) is 7.91. The fourth-order valence-corrected chi connectivity index (χ4v) is 1.47. The fourth-order valence-electron chi connectivity index (χ4n) is 1.47. The maximum atomic E-state index is 9.23. The van der Waals surface area contributed by atoms with Crippen LogP contribution in [0.15, 0.2) is 36.9 Å². The Hall–Kier alpha value is -1.68. The second-order valence-corrected chi connectivity index (χ2v) is 3.56. The van der Waals surface area contributed by atoms with Crippen LogP contribution in [0.25, 0.3) is 5.69 Å². The largest absolute Gasteiger partial charge is 0.393 e. The van der Waals surface area contributed by atoms with Crippen LogP contribution < -0.4 is 0 Å². The van der Waals surface area contributed by atoms with Crippen molar-refractivity contribution in [3.63, 3.8) is 0 Å². The quantitative estimate of drug-likeness (QED) is 0.815. The lowest BCUT2D eigenvalue weighted by atomic mass is 10.1. The maximum Gasteiger partial charge on any atom is 0.138 e. The number of rotatable bonds is 3. The van der Waals surface area contributed by atoms with Gasteiger partial charge in [-0.25, -0.2) is 9.67 Å². The molecule has 4 heteroatoms. The van der Waals surface area contributed by atoms with Gasteiger partial charge in [-0.2, -0.15) is 5.10 Å². The zero-order valence-corrected chi connectivity index (χ0v) is 8.54. The SMILES string of the molecule is CC(O)Cc1ccc(-n2cncn2)cc1. The average molecular weight is 203 g/mol. The molecule has 0 radical (unpaired) electrons. The molecule has 0 spiro atoms. The van der Waals surface area contributed by atoms with E-state index < -0.39 is 0 Å². The van der Waals surface area contributed by atoms with Crippen LogP contribution in [-0.4, -0.2) is 26.0 Å². The molecular weight excluding hydrogens is 190 g/mol. The van der Waals surface area contributed by atoms with Gasteiger partial charge in [0.2, 0.25) is 0 Å². The lowest BCUT2D eigenvalue weighted by Gasteiger charge is -2.05. The number of hydrogen-bond donors (Lipinski definition) is 1. The molecule has 0 bridgehead atoms. The molecule has 0 aliphatic carbocycles. The summed E-state index contributed by atoms with van der Waals surface area (Å²) in [4.78, 5) is 3.88. The second kappa shape index (κ2) is 4.23. The number of benzene rings is 1. The van der Waals surface area contributed by atoms with E-state index in [0.717, 1.165) is 11.3 Å². The molecule has 0 fully saturated rings. The van der Waals surface area contributed by atoms with Gasteiger partial charge in [0.05, 0.1) is 11.8 Å². The minimum absolute atomic E-state index is 0.303. The van der Waals surface area contributed by atoms with Crippen LogP contribution in [0, 0.1) is 0 Å². The van der Waals surface area contributed by atoms with Crippen molar-refractivity contribution >= 4 is 0 Å². The standard InChI is InChI=1S/C11H13N3O/c1-9(15)6-10-2-4-11(5-3-10)14-8-12-7-13-14/h2-5,7-9,15H,6H2,1H3. The molecule has 0 saturated carbocycles. The third-order valence-electron chi connectivity index (χ3n) is 2.15. The van der Waals surface area contributed by atoms with E-state index in [-0.39, 0.29) is 6.10 Å². The average Bonchev–Trinajstić information content (AvgIpc) is 2.71. The highest BCUT2D eigenvalue weighted by atomic mass is 16.3. The predicted molar refractivity (Wildman–Crippen MR) is 56.7 cm³/mol. The molecule has 0 aliphatic heterocycles. The molecule has 1 heterocycles. The van der Waals surface area contributed by atoms with Gasteiger partial charge in [-0.15, -0.1) is 0 Å². The number of hydrogen-bond acceptors (Lipinski definition) is 3. The predicted octanol–water partition coefficient (Wildman–Crippen LogP) is 1.19. The van der Waals surface area contributed by atoms with Crippen molar-refractivity contribution in [2.75, 3.05) is 0 Å². The van der Waals surface area contributed by atoms with Crippen molar-refractivity contribution in [1.82, 2.24) is 14.8 Å². The van der Waals surface area contributed by atoms with E-state index in [0.29, 0.717) is 6.42 Å². The topological polar surface area (TPSA) is 50.9 Å². The summed E-state index contributed by atoms with van der Waals surface area (Å²) in [6.07, 6.45) is 3.53.